The molecular weight excluding hydrogens is 264 g/mol. The molecule has 2 amide bonds. The maximum absolute atomic E-state index is 12.3. The highest BCUT2D eigenvalue weighted by atomic mass is 32.2. The predicted octanol–water partition coefficient (Wildman–Crippen LogP) is 1.32. The Balaban J connectivity index is 2.07. The Labute approximate surface area is 115 Å². The highest BCUT2D eigenvalue weighted by Gasteiger charge is 2.23. The molecule has 0 spiro atoms. The van der Waals surface area contributed by atoms with Gasteiger partial charge in [-0.1, -0.05) is 6.07 Å². The zero-order valence-electron chi connectivity index (χ0n) is 11.2. The maximum atomic E-state index is 12.3. The van der Waals surface area contributed by atoms with Gasteiger partial charge in [0.25, 0.3) is 0 Å². The quantitative estimate of drug-likeness (QED) is 0.822. The molecule has 1 fully saturated rings. The third-order valence-electron chi connectivity index (χ3n) is 3.18. The van der Waals surface area contributed by atoms with Crippen molar-refractivity contribution in [3.05, 3.63) is 24.3 Å². The summed E-state index contributed by atoms with van der Waals surface area (Å²) in [6, 6.07) is 7.31. The number of anilines is 1. The maximum Gasteiger partial charge on any atom is 0.324 e. The van der Waals surface area contributed by atoms with Gasteiger partial charge in [-0.15, -0.1) is 0 Å². The number of rotatable bonds is 2. The number of urea groups is 1. The number of benzene rings is 1. The molecule has 1 aliphatic rings. The van der Waals surface area contributed by atoms with Crippen LogP contribution in [-0.4, -0.2) is 53.9 Å². The molecule has 1 aromatic carbocycles. The van der Waals surface area contributed by atoms with E-state index in [4.69, 9.17) is 4.74 Å². The first-order chi connectivity index (χ1) is 9.11. The molecule has 0 atom stereocenters. The molecule has 19 heavy (non-hydrogen) atoms. The topological polar surface area (TPSA) is 49.9 Å². The molecule has 0 bridgehead atoms. The van der Waals surface area contributed by atoms with E-state index in [9.17, 15) is 9.00 Å². The molecule has 5 nitrogen and oxygen atoms in total. The van der Waals surface area contributed by atoms with Gasteiger partial charge in [0, 0.05) is 54.2 Å². The van der Waals surface area contributed by atoms with Crippen LogP contribution in [0.5, 0.6) is 5.75 Å². The van der Waals surface area contributed by atoms with Gasteiger partial charge in [-0.3, -0.25) is 9.11 Å². The van der Waals surface area contributed by atoms with Crippen LogP contribution in [0.2, 0.25) is 0 Å². The lowest BCUT2D eigenvalue weighted by Crippen LogP contribution is -2.47. The molecule has 1 aromatic rings. The Kier molecular flexibility index (Phi) is 4.42. The van der Waals surface area contributed by atoms with Crippen LogP contribution >= 0.6 is 0 Å². The summed E-state index contributed by atoms with van der Waals surface area (Å²) in [5, 5.41) is 0. The molecule has 0 unspecified atom stereocenters. The molecule has 0 radical (unpaired) electrons. The molecule has 0 aromatic heterocycles. The highest BCUT2D eigenvalue weighted by Crippen LogP contribution is 2.21. The van der Waals surface area contributed by atoms with Crippen LogP contribution in [0, 0.1) is 0 Å². The number of hydrogen-bond donors (Lipinski definition) is 0. The first kappa shape index (κ1) is 13.9. The van der Waals surface area contributed by atoms with E-state index < -0.39 is 10.8 Å². The molecule has 104 valence electrons. The minimum absolute atomic E-state index is 0.0649. The Morgan fingerprint density at radius 2 is 2.05 bits per heavy atom. The van der Waals surface area contributed by atoms with E-state index in [0.29, 0.717) is 24.6 Å². The van der Waals surface area contributed by atoms with Gasteiger partial charge in [0.2, 0.25) is 0 Å². The van der Waals surface area contributed by atoms with Gasteiger partial charge < -0.3 is 9.64 Å². The van der Waals surface area contributed by atoms with Crippen molar-refractivity contribution in [2.24, 2.45) is 0 Å². The third-order valence-corrected chi connectivity index (χ3v) is 4.45. The Morgan fingerprint density at radius 1 is 1.37 bits per heavy atom. The fourth-order valence-corrected chi connectivity index (χ4v) is 3.02. The van der Waals surface area contributed by atoms with Crippen molar-refractivity contribution in [1.29, 1.82) is 0 Å². The van der Waals surface area contributed by atoms with Gasteiger partial charge in [-0.05, 0) is 12.1 Å². The minimum atomic E-state index is -0.773. The van der Waals surface area contributed by atoms with E-state index in [1.54, 1.807) is 24.0 Å². The summed E-state index contributed by atoms with van der Waals surface area (Å²) in [7, 11) is 2.56. The van der Waals surface area contributed by atoms with Crippen LogP contribution in [-0.2, 0) is 10.8 Å². The monoisotopic (exact) mass is 282 g/mol. The highest BCUT2D eigenvalue weighted by molar-refractivity contribution is 7.85. The minimum Gasteiger partial charge on any atom is -0.497 e. The molecule has 1 saturated heterocycles. The first-order valence-corrected chi connectivity index (χ1v) is 7.62. The van der Waals surface area contributed by atoms with E-state index in [1.807, 2.05) is 24.3 Å². The van der Waals surface area contributed by atoms with E-state index in [-0.39, 0.29) is 6.03 Å². The average Bonchev–Trinajstić information content (AvgIpc) is 2.46. The summed E-state index contributed by atoms with van der Waals surface area (Å²) in [6.45, 7) is 1.11. The second kappa shape index (κ2) is 6.06. The van der Waals surface area contributed by atoms with Crippen LogP contribution in [0.25, 0.3) is 0 Å². The first-order valence-electron chi connectivity index (χ1n) is 6.13. The predicted molar refractivity (Wildman–Crippen MR) is 76.2 cm³/mol. The van der Waals surface area contributed by atoms with Crippen LogP contribution in [0.4, 0.5) is 10.5 Å². The Hall–Kier alpha value is -1.56. The lowest BCUT2D eigenvalue weighted by Gasteiger charge is -2.30. The van der Waals surface area contributed by atoms with E-state index in [2.05, 4.69) is 0 Å². The number of hydrogen-bond acceptors (Lipinski definition) is 3. The average molecular weight is 282 g/mol. The molecule has 2 rings (SSSR count). The molecule has 1 heterocycles. The summed E-state index contributed by atoms with van der Waals surface area (Å²) >= 11 is 0. The van der Waals surface area contributed by atoms with Crippen molar-refractivity contribution in [2.75, 3.05) is 43.7 Å². The van der Waals surface area contributed by atoms with Crippen LogP contribution < -0.4 is 9.64 Å². The molecule has 0 N–H and O–H groups in total. The summed E-state index contributed by atoms with van der Waals surface area (Å²) in [5.74, 6) is 1.85. The smallest absolute Gasteiger partial charge is 0.324 e. The van der Waals surface area contributed by atoms with E-state index >= 15 is 0 Å². The van der Waals surface area contributed by atoms with Gasteiger partial charge in [0.05, 0.1) is 7.11 Å². The van der Waals surface area contributed by atoms with Crippen molar-refractivity contribution in [2.45, 2.75) is 0 Å². The fraction of sp³-hybridized carbons (Fsp3) is 0.462. The number of amides is 2. The lowest BCUT2D eigenvalue weighted by atomic mass is 10.3. The summed E-state index contributed by atoms with van der Waals surface area (Å²) in [6.07, 6.45) is 0. The molecule has 6 heteroatoms. The molecular formula is C13H18N2O3S. The SMILES string of the molecule is COc1cccc(N(C)C(=O)N2CCS(=O)CC2)c1. The van der Waals surface area contributed by atoms with Gasteiger partial charge in [0.1, 0.15) is 5.75 Å². The molecule has 0 aliphatic carbocycles. The third kappa shape index (κ3) is 3.26. The standard InChI is InChI=1S/C13H18N2O3S/c1-14(11-4-3-5-12(10-11)18-2)13(16)15-6-8-19(17)9-7-15/h3-5,10H,6-9H2,1-2H3. The largest absolute Gasteiger partial charge is 0.497 e. The number of nitrogens with zero attached hydrogens (tertiary/aromatic N) is 2. The van der Waals surface area contributed by atoms with Gasteiger partial charge in [-0.25, -0.2) is 4.79 Å². The van der Waals surface area contributed by atoms with Crippen LogP contribution in [0.3, 0.4) is 0 Å². The van der Waals surface area contributed by atoms with Crippen molar-refractivity contribution in [3.63, 3.8) is 0 Å². The van der Waals surface area contributed by atoms with Crippen LogP contribution in [0.15, 0.2) is 24.3 Å². The Morgan fingerprint density at radius 3 is 2.68 bits per heavy atom. The van der Waals surface area contributed by atoms with E-state index in [1.165, 1.54) is 0 Å². The van der Waals surface area contributed by atoms with Crippen molar-refractivity contribution in [1.82, 2.24) is 4.90 Å². The zero-order chi connectivity index (χ0) is 13.8. The van der Waals surface area contributed by atoms with E-state index in [0.717, 1.165) is 11.4 Å². The lowest BCUT2D eigenvalue weighted by molar-refractivity contribution is 0.211. The van der Waals surface area contributed by atoms with Gasteiger partial charge in [-0.2, -0.15) is 0 Å². The summed E-state index contributed by atoms with van der Waals surface area (Å²) in [5.41, 5.74) is 0.788. The van der Waals surface area contributed by atoms with Gasteiger partial charge >= 0.3 is 6.03 Å². The second-order valence-electron chi connectivity index (χ2n) is 4.38. The van der Waals surface area contributed by atoms with Gasteiger partial charge in [0.15, 0.2) is 0 Å². The van der Waals surface area contributed by atoms with Crippen molar-refractivity contribution >= 4 is 22.5 Å². The zero-order valence-corrected chi connectivity index (χ0v) is 12.0. The number of methoxy groups -OCH3 is 1. The summed E-state index contributed by atoms with van der Waals surface area (Å²) in [4.78, 5) is 15.6. The molecule has 1 aliphatic heterocycles. The fourth-order valence-electron chi connectivity index (χ4n) is 1.97. The number of ether oxygens (including phenoxy) is 1. The summed E-state index contributed by atoms with van der Waals surface area (Å²) < 4.78 is 16.5. The van der Waals surface area contributed by atoms with Crippen molar-refractivity contribution in [3.8, 4) is 5.75 Å². The number of carbonyl (C=O) groups is 1. The Bertz CT molecular complexity index is 483. The normalized spacial score (nSPS) is 16.2. The van der Waals surface area contributed by atoms with Crippen LogP contribution in [0.1, 0.15) is 0 Å². The second-order valence-corrected chi connectivity index (χ2v) is 6.07. The molecule has 0 saturated carbocycles. The van der Waals surface area contributed by atoms with Crippen molar-refractivity contribution < 1.29 is 13.7 Å². The number of carbonyl (C=O) groups excluding carboxylic acids is 1.